The first kappa shape index (κ1) is 19.6. The molecule has 1 saturated carbocycles. The molecule has 5 heteroatoms. The third kappa shape index (κ3) is 4.96. The average molecular weight is 370 g/mol. The third-order valence-corrected chi connectivity index (χ3v) is 5.84. The summed E-state index contributed by atoms with van der Waals surface area (Å²) < 4.78 is 0. The second kappa shape index (κ2) is 9.16. The summed E-state index contributed by atoms with van der Waals surface area (Å²) in [5, 5.41) is 3.14. The largest absolute Gasteiger partial charge is 0.352 e. The van der Waals surface area contributed by atoms with Gasteiger partial charge in [0.25, 0.3) is 0 Å². The quantitative estimate of drug-likeness (QED) is 0.781. The Bertz CT molecular complexity index is 695. The predicted molar refractivity (Wildman–Crippen MR) is 104 cm³/mol. The molecule has 2 aliphatic rings. The molecular formula is C22H30N2O3. The van der Waals surface area contributed by atoms with Gasteiger partial charge in [0.15, 0.2) is 5.78 Å². The number of likely N-dealkylation sites (tertiary alicyclic amines) is 1. The second-order valence-electron chi connectivity index (χ2n) is 7.83. The van der Waals surface area contributed by atoms with Crippen molar-refractivity contribution in [3.8, 4) is 0 Å². The van der Waals surface area contributed by atoms with E-state index in [-0.39, 0.29) is 42.5 Å². The van der Waals surface area contributed by atoms with Crippen molar-refractivity contribution in [3.05, 3.63) is 35.4 Å². The number of carbonyl (C=O) groups excluding carboxylic acids is 3. The molecule has 0 bridgehead atoms. The van der Waals surface area contributed by atoms with Gasteiger partial charge in [-0.3, -0.25) is 14.4 Å². The molecule has 3 rings (SSSR count). The van der Waals surface area contributed by atoms with Crippen LogP contribution in [0.25, 0.3) is 0 Å². The lowest BCUT2D eigenvalue weighted by Crippen LogP contribution is -2.49. The van der Waals surface area contributed by atoms with Crippen LogP contribution in [0.1, 0.15) is 73.7 Å². The number of Topliss-reactive ketones (excluding diaryl/α,β-unsaturated/α-hetero) is 1. The second-order valence-corrected chi connectivity index (χ2v) is 7.83. The standard InChI is InChI=1S/C22H30N2O3/c1-16-8-5-6-11-18(16)20(25)13-14-21(26)24-15-7-12-19(24)22(27)23-17-9-3-2-4-10-17/h5-6,8,11,17,19H,2-4,7,9-10,12-15H2,1H3,(H,23,27). The Hall–Kier alpha value is -2.17. The molecule has 1 N–H and O–H groups in total. The Balaban J connectivity index is 1.53. The Morgan fingerprint density at radius 2 is 1.74 bits per heavy atom. The van der Waals surface area contributed by atoms with Crippen molar-refractivity contribution >= 4 is 17.6 Å². The van der Waals surface area contributed by atoms with Crippen LogP contribution in [-0.2, 0) is 9.59 Å². The van der Waals surface area contributed by atoms with Crippen LogP contribution in [-0.4, -0.2) is 41.1 Å². The van der Waals surface area contributed by atoms with E-state index in [0.29, 0.717) is 12.1 Å². The van der Waals surface area contributed by atoms with Gasteiger partial charge in [0.1, 0.15) is 6.04 Å². The maximum Gasteiger partial charge on any atom is 0.243 e. The summed E-state index contributed by atoms with van der Waals surface area (Å²) in [5.41, 5.74) is 1.61. The van der Waals surface area contributed by atoms with Crippen molar-refractivity contribution in [2.75, 3.05) is 6.54 Å². The minimum absolute atomic E-state index is 0.0103. The number of carbonyl (C=O) groups is 3. The van der Waals surface area contributed by atoms with Gasteiger partial charge in [-0.15, -0.1) is 0 Å². The van der Waals surface area contributed by atoms with Crippen LogP contribution in [0, 0.1) is 6.92 Å². The molecule has 1 heterocycles. The summed E-state index contributed by atoms with van der Waals surface area (Å²) in [5.74, 6) is -0.111. The first-order valence-corrected chi connectivity index (χ1v) is 10.2. The monoisotopic (exact) mass is 370 g/mol. The minimum atomic E-state index is -0.368. The van der Waals surface area contributed by atoms with Crippen LogP contribution in [0.15, 0.2) is 24.3 Å². The van der Waals surface area contributed by atoms with Crippen LogP contribution in [0.4, 0.5) is 0 Å². The van der Waals surface area contributed by atoms with Gasteiger partial charge in [0.2, 0.25) is 11.8 Å². The number of rotatable bonds is 6. The summed E-state index contributed by atoms with van der Waals surface area (Å²) in [6.07, 6.45) is 7.58. The van der Waals surface area contributed by atoms with E-state index in [1.54, 1.807) is 11.0 Å². The summed E-state index contributed by atoms with van der Waals surface area (Å²) in [6.45, 7) is 2.52. The van der Waals surface area contributed by atoms with Crippen LogP contribution in [0.5, 0.6) is 0 Å². The van der Waals surface area contributed by atoms with E-state index in [1.807, 2.05) is 25.1 Å². The summed E-state index contributed by atoms with van der Waals surface area (Å²) in [4.78, 5) is 39.4. The highest BCUT2D eigenvalue weighted by atomic mass is 16.2. The van der Waals surface area contributed by atoms with Crippen molar-refractivity contribution in [2.45, 2.75) is 76.8 Å². The Morgan fingerprint density at radius 3 is 2.48 bits per heavy atom. The van der Waals surface area contributed by atoms with Gasteiger partial charge in [0, 0.05) is 31.0 Å². The van der Waals surface area contributed by atoms with Crippen LogP contribution in [0.3, 0.4) is 0 Å². The van der Waals surface area contributed by atoms with Crippen LogP contribution < -0.4 is 5.32 Å². The smallest absolute Gasteiger partial charge is 0.243 e. The van der Waals surface area contributed by atoms with Crippen LogP contribution >= 0.6 is 0 Å². The number of ketones is 1. The average Bonchev–Trinajstić information content (AvgIpc) is 3.17. The van der Waals surface area contributed by atoms with Gasteiger partial charge >= 0.3 is 0 Å². The molecule has 1 atom stereocenters. The van der Waals surface area contributed by atoms with Crippen molar-refractivity contribution in [2.24, 2.45) is 0 Å². The van der Waals surface area contributed by atoms with Gasteiger partial charge in [-0.05, 0) is 38.2 Å². The maximum absolute atomic E-state index is 12.7. The lowest BCUT2D eigenvalue weighted by molar-refractivity contribution is -0.138. The van der Waals surface area contributed by atoms with Crippen LogP contribution in [0.2, 0.25) is 0 Å². The Morgan fingerprint density at radius 1 is 1.00 bits per heavy atom. The van der Waals surface area contributed by atoms with E-state index in [0.717, 1.165) is 31.2 Å². The molecule has 1 aromatic rings. The zero-order chi connectivity index (χ0) is 19.2. The van der Waals surface area contributed by atoms with E-state index < -0.39 is 0 Å². The summed E-state index contributed by atoms with van der Waals surface area (Å²) >= 11 is 0. The summed E-state index contributed by atoms with van der Waals surface area (Å²) in [7, 11) is 0. The number of aryl methyl sites for hydroxylation is 1. The molecule has 2 amide bonds. The molecule has 27 heavy (non-hydrogen) atoms. The fourth-order valence-electron chi connectivity index (χ4n) is 4.27. The summed E-state index contributed by atoms with van der Waals surface area (Å²) in [6, 6.07) is 7.34. The number of hydrogen-bond donors (Lipinski definition) is 1. The molecule has 1 aliphatic heterocycles. The topological polar surface area (TPSA) is 66.5 Å². The fourth-order valence-corrected chi connectivity index (χ4v) is 4.27. The molecule has 1 aromatic carbocycles. The molecule has 1 aliphatic carbocycles. The van der Waals surface area contributed by atoms with Gasteiger partial charge < -0.3 is 10.2 Å². The molecule has 0 spiro atoms. The molecule has 0 aromatic heterocycles. The maximum atomic E-state index is 12.7. The lowest BCUT2D eigenvalue weighted by Gasteiger charge is -2.28. The van der Waals surface area contributed by atoms with E-state index in [2.05, 4.69) is 5.32 Å². The number of benzene rings is 1. The minimum Gasteiger partial charge on any atom is -0.352 e. The van der Waals surface area contributed by atoms with E-state index in [9.17, 15) is 14.4 Å². The molecule has 1 saturated heterocycles. The van der Waals surface area contributed by atoms with Gasteiger partial charge in [0.05, 0.1) is 0 Å². The highest BCUT2D eigenvalue weighted by molar-refractivity contribution is 5.99. The zero-order valence-electron chi connectivity index (χ0n) is 16.2. The van der Waals surface area contributed by atoms with Gasteiger partial charge in [-0.1, -0.05) is 43.5 Å². The molecule has 5 nitrogen and oxygen atoms in total. The third-order valence-electron chi connectivity index (χ3n) is 5.84. The Kier molecular flexibility index (Phi) is 6.64. The molecular weight excluding hydrogens is 340 g/mol. The number of hydrogen-bond acceptors (Lipinski definition) is 3. The zero-order valence-corrected chi connectivity index (χ0v) is 16.2. The SMILES string of the molecule is Cc1ccccc1C(=O)CCC(=O)N1CCCC1C(=O)NC1CCCCC1. The van der Waals surface area contributed by atoms with E-state index in [1.165, 1.54) is 19.3 Å². The molecule has 0 radical (unpaired) electrons. The van der Waals surface area contributed by atoms with Crippen molar-refractivity contribution in [3.63, 3.8) is 0 Å². The number of amides is 2. The highest BCUT2D eigenvalue weighted by Gasteiger charge is 2.34. The van der Waals surface area contributed by atoms with E-state index in [4.69, 9.17) is 0 Å². The predicted octanol–water partition coefficient (Wildman–Crippen LogP) is 3.40. The first-order chi connectivity index (χ1) is 13.1. The lowest BCUT2D eigenvalue weighted by atomic mass is 9.95. The van der Waals surface area contributed by atoms with Crippen molar-refractivity contribution in [1.82, 2.24) is 10.2 Å². The first-order valence-electron chi connectivity index (χ1n) is 10.2. The molecule has 2 fully saturated rings. The van der Waals surface area contributed by atoms with Gasteiger partial charge in [-0.2, -0.15) is 0 Å². The number of nitrogens with one attached hydrogen (secondary N) is 1. The van der Waals surface area contributed by atoms with Gasteiger partial charge in [-0.25, -0.2) is 0 Å². The Labute approximate surface area is 161 Å². The fraction of sp³-hybridized carbons (Fsp3) is 0.591. The molecule has 146 valence electrons. The molecule has 1 unspecified atom stereocenters. The number of nitrogens with zero attached hydrogens (tertiary/aromatic N) is 1. The normalized spacial score (nSPS) is 20.5. The van der Waals surface area contributed by atoms with Crippen molar-refractivity contribution < 1.29 is 14.4 Å². The van der Waals surface area contributed by atoms with E-state index >= 15 is 0 Å². The highest BCUT2D eigenvalue weighted by Crippen LogP contribution is 2.22. The van der Waals surface area contributed by atoms with Crippen molar-refractivity contribution in [1.29, 1.82) is 0 Å².